The Morgan fingerprint density at radius 2 is 1.59 bits per heavy atom. The predicted octanol–water partition coefficient (Wildman–Crippen LogP) is 2.69. The Bertz CT molecular complexity index is 978. The minimum atomic E-state index is -3.34. The van der Waals surface area contributed by atoms with E-state index in [4.69, 9.17) is 4.74 Å². The number of hydrogen-bond acceptors (Lipinski definition) is 5. The number of carbonyl (C=O) groups is 2. The zero-order chi connectivity index (χ0) is 23.6. The second-order valence-corrected chi connectivity index (χ2v) is 9.49. The number of sulfonamides is 1. The lowest BCUT2D eigenvalue weighted by atomic mass is 9.98. The van der Waals surface area contributed by atoms with Gasteiger partial charge in [-0.15, -0.1) is 0 Å². The van der Waals surface area contributed by atoms with Crippen molar-refractivity contribution in [2.24, 2.45) is 5.92 Å². The van der Waals surface area contributed by atoms with Crippen LogP contribution >= 0.6 is 0 Å². The zero-order valence-corrected chi connectivity index (χ0v) is 19.4. The smallest absolute Gasteiger partial charge is 0.408 e. The van der Waals surface area contributed by atoms with E-state index < -0.39 is 22.2 Å². The number of benzene rings is 2. The SMILES string of the molecule is CC[C@H](C)[C@H](NC(=O)OCc1ccccc1)C(=O)NCc1ccc(CS(=O)(=O)NC)cc1. The molecule has 0 saturated heterocycles. The number of ether oxygens (including phenoxy) is 1. The van der Waals surface area contributed by atoms with E-state index >= 15 is 0 Å². The highest BCUT2D eigenvalue weighted by Crippen LogP contribution is 2.11. The van der Waals surface area contributed by atoms with Crippen molar-refractivity contribution in [3.8, 4) is 0 Å². The fraction of sp³-hybridized carbons (Fsp3) is 0.391. The molecule has 32 heavy (non-hydrogen) atoms. The summed E-state index contributed by atoms with van der Waals surface area (Å²) < 4.78 is 30.8. The molecule has 0 fully saturated rings. The van der Waals surface area contributed by atoms with Crippen molar-refractivity contribution in [3.63, 3.8) is 0 Å². The lowest BCUT2D eigenvalue weighted by Gasteiger charge is -2.23. The number of alkyl carbamates (subject to hydrolysis) is 1. The van der Waals surface area contributed by atoms with E-state index in [1.54, 1.807) is 24.3 Å². The van der Waals surface area contributed by atoms with Crippen LogP contribution in [0.3, 0.4) is 0 Å². The maximum Gasteiger partial charge on any atom is 0.408 e. The molecule has 9 heteroatoms. The van der Waals surface area contributed by atoms with E-state index in [9.17, 15) is 18.0 Å². The van der Waals surface area contributed by atoms with Gasteiger partial charge in [0, 0.05) is 6.54 Å². The summed E-state index contributed by atoms with van der Waals surface area (Å²) in [6.07, 6.45) is 0.0514. The van der Waals surface area contributed by atoms with Crippen LogP contribution in [0.1, 0.15) is 37.0 Å². The standard InChI is InChI=1S/C23H31N3O5S/c1-4-17(2)21(26-23(28)31-15-19-8-6-5-7-9-19)22(27)25-14-18-10-12-20(13-11-18)16-32(29,30)24-3/h5-13,17,21,24H,4,14-16H2,1-3H3,(H,25,27)(H,26,28)/t17-,21-/m0/s1. The Hall–Kier alpha value is -2.91. The number of carbonyl (C=O) groups excluding carboxylic acids is 2. The van der Waals surface area contributed by atoms with Gasteiger partial charge >= 0.3 is 6.09 Å². The Morgan fingerprint density at radius 3 is 2.19 bits per heavy atom. The summed E-state index contributed by atoms with van der Waals surface area (Å²) in [6.45, 7) is 4.21. The van der Waals surface area contributed by atoms with E-state index in [0.29, 0.717) is 12.0 Å². The van der Waals surface area contributed by atoms with Crippen molar-refractivity contribution in [1.82, 2.24) is 15.4 Å². The number of hydrogen-bond donors (Lipinski definition) is 3. The van der Waals surface area contributed by atoms with Crippen LogP contribution in [0.5, 0.6) is 0 Å². The molecule has 0 saturated carbocycles. The molecule has 2 rings (SSSR count). The van der Waals surface area contributed by atoms with Crippen LogP contribution in [0.2, 0.25) is 0 Å². The van der Waals surface area contributed by atoms with Crippen LogP contribution in [0, 0.1) is 5.92 Å². The van der Waals surface area contributed by atoms with Crippen molar-refractivity contribution in [2.75, 3.05) is 7.05 Å². The van der Waals surface area contributed by atoms with Gasteiger partial charge < -0.3 is 15.4 Å². The molecule has 0 radical (unpaired) electrons. The number of rotatable bonds is 11. The molecule has 174 valence electrons. The first-order chi connectivity index (χ1) is 15.2. The summed E-state index contributed by atoms with van der Waals surface area (Å²) in [5, 5.41) is 5.50. The maximum absolute atomic E-state index is 12.8. The molecule has 2 aromatic carbocycles. The highest BCUT2D eigenvalue weighted by Gasteiger charge is 2.26. The van der Waals surface area contributed by atoms with Crippen LogP contribution in [0.4, 0.5) is 4.79 Å². The first-order valence-electron chi connectivity index (χ1n) is 10.5. The van der Waals surface area contributed by atoms with Gasteiger partial charge in [-0.05, 0) is 29.7 Å². The van der Waals surface area contributed by atoms with Crippen LogP contribution in [0.25, 0.3) is 0 Å². The fourth-order valence-corrected chi connectivity index (χ4v) is 3.71. The number of nitrogens with one attached hydrogen (secondary N) is 3. The molecule has 0 bridgehead atoms. The molecule has 8 nitrogen and oxygen atoms in total. The molecule has 0 heterocycles. The van der Waals surface area contributed by atoms with Crippen LogP contribution in [0.15, 0.2) is 54.6 Å². The topological polar surface area (TPSA) is 114 Å². The molecular formula is C23H31N3O5S. The van der Waals surface area contributed by atoms with Gasteiger partial charge in [-0.2, -0.15) is 0 Å². The molecule has 0 spiro atoms. The second-order valence-electron chi connectivity index (χ2n) is 7.57. The molecule has 0 aliphatic carbocycles. The lowest BCUT2D eigenvalue weighted by Crippen LogP contribution is -2.50. The summed E-state index contributed by atoms with van der Waals surface area (Å²) in [5.74, 6) is -0.507. The first-order valence-corrected chi connectivity index (χ1v) is 12.1. The summed E-state index contributed by atoms with van der Waals surface area (Å²) in [4.78, 5) is 25.0. The van der Waals surface area contributed by atoms with Crippen LogP contribution < -0.4 is 15.4 Å². The van der Waals surface area contributed by atoms with Gasteiger partial charge in [0.05, 0.1) is 5.75 Å². The molecule has 0 unspecified atom stereocenters. The maximum atomic E-state index is 12.8. The van der Waals surface area contributed by atoms with Gasteiger partial charge in [0.1, 0.15) is 12.6 Å². The molecule has 3 N–H and O–H groups in total. The Labute approximate surface area is 189 Å². The highest BCUT2D eigenvalue weighted by atomic mass is 32.2. The lowest BCUT2D eigenvalue weighted by molar-refractivity contribution is -0.124. The van der Waals surface area contributed by atoms with Crippen molar-refractivity contribution in [2.45, 2.75) is 45.2 Å². The van der Waals surface area contributed by atoms with Crippen molar-refractivity contribution in [1.29, 1.82) is 0 Å². The van der Waals surface area contributed by atoms with Gasteiger partial charge in [-0.25, -0.2) is 17.9 Å². The molecule has 0 aliphatic rings. The van der Waals surface area contributed by atoms with Gasteiger partial charge in [-0.1, -0.05) is 74.9 Å². The van der Waals surface area contributed by atoms with E-state index in [-0.39, 0.29) is 30.7 Å². The van der Waals surface area contributed by atoms with Crippen molar-refractivity contribution >= 4 is 22.0 Å². The van der Waals surface area contributed by atoms with Crippen molar-refractivity contribution < 1.29 is 22.7 Å². The summed E-state index contributed by atoms with van der Waals surface area (Å²) >= 11 is 0. The minimum Gasteiger partial charge on any atom is -0.445 e. The molecule has 0 aliphatic heterocycles. The largest absolute Gasteiger partial charge is 0.445 e. The van der Waals surface area contributed by atoms with Gasteiger partial charge in [0.15, 0.2) is 0 Å². The summed E-state index contributed by atoms with van der Waals surface area (Å²) in [6, 6.07) is 15.5. The first kappa shape index (κ1) is 25.4. The monoisotopic (exact) mass is 461 g/mol. The van der Waals surface area contributed by atoms with E-state index in [2.05, 4.69) is 15.4 Å². The average molecular weight is 462 g/mol. The molecule has 2 atom stereocenters. The fourth-order valence-electron chi connectivity index (χ4n) is 2.94. The molecule has 0 aromatic heterocycles. The third-order valence-electron chi connectivity index (χ3n) is 5.14. The number of amides is 2. The minimum absolute atomic E-state index is 0.0894. The normalized spacial score (nSPS) is 13.1. The highest BCUT2D eigenvalue weighted by molar-refractivity contribution is 7.88. The second kappa shape index (κ2) is 12.2. The zero-order valence-electron chi connectivity index (χ0n) is 18.6. The van der Waals surface area contributed by atoms with E-state index in [0.717, 1.165) is 11.1 Å². The van der Waals surface area contributed by atoms with Crippen LogP contribution in [-0.2, 0) is 38.5 Å². The average Bonchev–Trinajstić information content (AvgIpc) is 2.80. The summed E-state index contributed by atoms with van der Waals surface area (Å²) in [7, 11) is -1.97. The van der Waals surface area contributed by atoms with Gasteiger partial charge in [-0.3, -0.25) is 4.79 Å². The third kappa shape index (κ3) is 8.32. The Kier molecular flexibility index (Phi) is 9.67. The third-order valence-corrected chi connectivity index (χ3v) is 6.47. The molecular weight excluding hydrogens is 430 g/mol. The van der Waals surface area contributed by atoms with E-state index in [1.807, 2.05) is 44.2 Å². The van der Waals surface area contributed by atoms with Crippen LogP contribution in [-0.4, -0.2) is 33.5 Å². The molecule has 2 amide bonds. The van der Waals surface area contributed by atoms with Gasteiger partial charge in [0.25, 0.3) is 0 Å². The molecule has 2 aromatic rings. The summed E-state index contributed by atoms with van der Waals surface area (Å²) in [5.41, 5.74) is 2.33. The van der Waals surface area contributed by atoms with Gasteiger partial charge in [0.2, 0.25) is 15.9 Å². The Balaban J connectivity index is 1.91. The quantitative estimate of drug-likeness (QED) is 0.476. The van der Waals surface area contributed by atoms with Crippen molar-refractivity contribution in [3.05, 3.63) is 71.3 Å². The predicted molar refractivity (Wildman–Crippen MR) is 123 cm³/mol. The van der Waals surface area contributed by atoms with E-state index in [1.165, 1.54) is 7.05 Å². The Morgan fingerprint density at radius 1 is 0.969 bits per heavy atom.